The number of carboxylic acid groups (broad SMARTS) is 1. The number of hydrogen-bond acceptors (Lipinski definition) is 6. The van der Waals surface area contributed by atoms with Crippen LogP contribution in [0.15, 0.2) is 21.3 Å². The highest BCUT2D eigenvalue weighted by atomic mass is 32.1. The van der Waals surface area contributed by atoms with E-state index in [1.54, 1.807) is 11.3 Å². The zero-order valence-corrected chi connectivity index (χ0v) is 12.4. The van der Waals surface area contributed by atoms with Crippen LogP contribution < -0.4 is 0 Å². The maximum atomic E-state index is 11.0. The van der Waals surface area contributed by atoms with Crippen LogP contribution >= 0.6 is 11.3 Å². The van der Waals surface area contributed by atoms with Crippen molar-refractivity contribution in [2.24, 2.45) is 0 Å². The van der Waals surface area contributed by atoms with E-state index in [1.807, 2.05) is 21.7 Å². The Labute approximate surface area is 126 Å². The van der Waals surface area contributed by atoms with Crippen molar-refractivity contribution in [3.05, 3.63) is 22.7 Å². The molecule has 0 aliphatic heterocycles. The van der Waals surface area contributed by atoms with Gasteiger partial charge >= 0.3 is 5.97 Å². The van der Waals surface area contributed by atoms with Gasteiger partial charge < -0.3 is 9.63 Å². The molecule has 0 amide bonds. The number of carboxylic acids is 1. The summed E-state index contributed by atoms with van der Waals surface area (Å²) in [7, 11) is 0. The first-order valence-electron chi connectivity index (χ1n) is 7.03. The van der Waals surface area contributed by atoms with E-state index in [1.165, 1.54) is 0 Å². The van der Waals surface area contributed by atoms with Crippen molar-refractivity contribution >= 4 is 17.3 Å². The lowest BCUT2D eigenvalue weighted by atomic mass is 10.2. The highest BCUT2D eigenvalue weighted by molar-refractivity contribution is 7.08. The molecule has 2 aromatic heterocycles. The van der Waals surface area contributed by atoms with Crippen LogP contribution in [-0.2, 0) is 11.3 Å². The summed E-state index contributed by atoms with van der Waals surface area (Å²) in [4.78, 5) is 17.3. The van der Waals surface area contributed by atoms with Gasteiger partial charge in [-0.2, -0.15) is 16.3 Å². The van der Waals surface area contributed by atoms with E-state index in [4.69, 9.17) is 9.63 Å². The van der Waals surface area contributed by atoms with Crippen molar-refractivity contribution in [1.29, 1.82) is 0 Å². The van der Waals surface area contributed by atoms with Crippen LogP contribution in [0.4, 0.5) is 0 Å². The molecular formula is C14H17N3O3S. The minimum Gasteiger partial charge on any atom is -0.480 e. The van der Waals surface area contributed by atoms with Crippen molar-refractivity contribution in [3.8, 4) is 11.4 Å². The van der Waals surface area contributed by atoms with Gasteiger partial charge in [0.25, 0.3) is 0 Å². The molecule has 112 valence electrons. The van der Waals surface area contributed by atoms with Gasteiger partial charge in [0, 0.05) is 17.0 Å². The highest BCUT2D eigenvalue weighted by Gasteiger charge is 2.26. The van der Waals surface area contributed by atoms with E-state index < -0.39 is 5.97 Å². The van der Waals surface area contributed by atoms with Gasteiger partial charge in [-0.25, -0.2) is 0 Å². The topological polar surface area (TPSA) is 79.5 Å². The van der Waals surface area contributed by atoms with E-state index in [2.05, 4.69) is 10.1 Å². The molecule has 1 fully saturated rings. The van der Waals surface area contributed by atoms with Gasteiger partial charge in [0.1, 0.15) is 0 Å². The number of rotatable bonds is 6. The third kappa shape index (κ3) is 3.48. The average molecular weight is 307 g/mol. The molecule has 0 unspecified atom stereocenters. The summed E-state index contributed by atoms with van der Waals surface area (Å²) in [5, 5.41) is 17.0. The standard InChI is InChI=1S/C14H17N3O3S/c18-13(19)8-17(11-3-1-2-4-11)7-12-15-14(16-20-12)10-5-6-21-9-10/h5-6,9,11H,1-4,7-8H2,(H,18,19). The molecule has 1 N–H and O–H groups in total. The van der Waals surface area contributed by atoms with Gasteiger partial charge in [0.05, 0.1) is 13.1 Å². The molecule has 7 heteroatoms. The lowest BCUT2D eigenvalue weighted by Gasteiger charge is -2.25. The summed E-state index contributed by atoms with van der Waals surface area (Å²) in [5.74, 6) is 0.219. The average Bonchev–Trinajstić information content (AvgIpc) is 3.20. The zero-order valence-electron chi connectivity index (χ0n) is 11.6. The fourth-order valence-corrected chi connectivity index (χ4v) is 3.39. The Morgan fingerprint density at radius 2 is 2.29 bits per heavy atom. The summed E-state index contributed by atoms with van der Waals surface area (Å²) in [6.45, 7) is 0.412. The number of hydrogen-bond donors (Lipinski definition) is 1. The van der Waals surface area contributed by atoms with Gasteiger partial charge in [-0.1, -0.05) is 18.0 Å². The molecule has 1 aliphatic rings. The molecular weight excluding hydrogens is 290 g/mol. The second kappa shape index (κ2) is 6.36. The quantitative estimate of drug-likeness (QED) is 0.883. The fourth-order valence-electron chi connectivity index (χ4n) is 2.76. The molecule has 0 radical (unpaired) electrons. The van der Waals surface area contributed by atoms with E-state index in [9.17, 15) is 4.79 Å². The zero-order chi connectivity index (χ0) is 14.7. The van der Waals surface area contributed by atoms with E-state index in [0.717, 1.165) is 31.2 Å². The lowest BCUT2D eigenvalue weighted by Crippen LogP contribution is -2.37. The molecule has 1 saturated carbocycles. The lowest BCUT2D eigenvalue weighted by molar-refractivity contribution is -0.139. The summed E-state index contributed by atoms with van der Waals surface area (Å²) in [6, 6.07) is 2.24. The summed E-state index contributed by atoms with van der Waals surface area (Å²) in [5.41, 5.74) is 0.931. The van der Waals surface area contributed by atoms with Crippen LogP contribution in [-0.4, -0.2) is 38.7 Å². The van der Waals surface area contributed by atoms with Gasteiger partial charge in [-0.05, 0) is 24.3 Å². The Hall–Kier alpha value is -1.73. The Morgan fingerprint density at radius 1 is 1.48 bits per heavy atom. The van der Waals surface area contributed by atoms with Crippen molar-refractivity contribution in [2.75, 3.05) is 6.54 Å². The monoisotopic (exact) mass is 307 g/mol. The smallest absolute Gasteiger partial charge is 0.317 e. The molecule has 2 heterocycles. The summed E-state index contributed by atoms with van der Waals surface area (Å²) >= 11 is 1.58. The molecule has 0 atom stereocenters. The first kappa shape index (κ1) is 14.2. The predicted octanol–water partition coefficient (Wildman–Crippen LogP) is 2.63. The van der Waals surface area contributed by atoms with Crippen molar-refractivity contribution in [2.45, 2.75) is 38.3 Å². The van der Waals surface area contributed by atoms with Crippen LogP contribution in [0, 0.1) is 0 Å². The van der Waals surface area contributed by atoms with Gasteiger partial charge in [-0.15, -0.1) is 0 Å². The van der Waals surface area contributed by atoms with Crippen LogP contribution in [0.5, 0.6) is 0 Å². The summed E-state index contributed by atoms with van der Waals surface area (Å²) in [6.07, 6.45) is 4.40. The molecule has 0 bridgehead atoms. The Morgan fingerprint density at radius 3 is 2.95 bits per heavy atom. The maximum Gasteiger partial charge on any atom is 0.317 e. The third-order valence-electron chi connectivity index (χ3n) is 3.77. The second-order valence-electron chi connectivity index (χ2n) is 5.26. The van der Waals surface area contributed by atoms with Gasteiger partial charge in [0.2, 0.25) is 11.7 Å². The number of nitrogens with zero attached hydrogens (tertiary/aromatic N) is 3. The molecule has 6 nitrogen and oxygen atoms in total. The molecule has 21 heavy (non-hydrogen) atoms. The number of aromatic nitrogens is 2. The van der Waals surface area contributed by atoms with Gasteiger partial charge in [0.15, 0.2) is 0 Å². The second-order valence-corrected chi connectivity index (χ2v) is 6.04. The highest BCUT2D eigenvalue weighted by Crippen LogP contribution is 2.25. The fraction of sp³-hybridized carbons (Fsp3) is 0.500. The Kier molecular flexibility index (Phi) is 4.31. The van der Waals surface area contributed by atoms with Crippen LogP contribution in [0.2, 0.25) is 0 Å². The van der Waals surface area contributed by atoms with E-state index >= 15 is 0 Å². The van der Waals surface area contributed by atoms with Crippen LogP contribution in [0.25, 0.3) is 11.4 Å². The molecule has 3 rings (SSSR count). The Balaban J connectivity index is 1.71. The molecule has 1 aliphatic carbocycles. The van der Waals surface area contributed by atoms with Crippen LogP contribution in [0.3, 0.4) is 0 Å². The largest absolute Gasteiger partial charge is 0.480 e. The van der Waals surface area contributed by atoms with E-state index in [0.29, 0.717) is 24.3 Å². The molecule has 2 aromatic rings. The minimum atomic E-state index is -0.820. The first-order chi connectivity index (χ1) is 10.2. The van der Waals surface area contributed by atoms with Crippen molar-refractivity contribution < 1.29 is 14.4 Å². The predicted molar refractivity (Wildman–Crippen MR) is 77.9 cm³/mol. The van der Waals surface area contributed by atoms with E-state index in [-0.39, 0.29) is 6.54 Å². The van der Waals surface area contributed by atoms with Gasteiger partial charge in [-0.3, -0.25) is 9.69 Å². The van der Waals surface area contributed by atoms with Crippen molar-refractivity contribution in [3.63, 3.8) is 0 Å². The summed E-state index contributed by atoms with van der Waals surface area (Å²) < 4.78 is 5.27. The molecule has 0 aromatic carbocycles. The number of aliphatic carboxylic acids is 1. The maximum absolute atomic E-state index is 11.0. The SMILES string of the molecule is O=C(O)CN(Cc1nc(-c2ccsc2)no1)C1CCCC1. The normalized spacial score (nSPS) is 15.9. The molecule has 0 spiro atoms. The molecule has 0 saturated heterocycles. The minimum absolute atomic E-state index is 0.0147. The number of carbonyl (C=O) groups is 1. The Bertz CT molecular complexity index is 590. The third-order valence-corrected chi connectivity index (χ3v) is 4.45. The van der Waals surface area contributed by atoms with Crippen molar-refractivity contribution in [1.82, 2.24) is 15.0 Å². The van der Waals surface area contributed by atoms with Crippen LogP contribution in [0.1, 0.15) is 31.6 Å². The first-order valence-corrected chi connectivity index (χ1v) is 7.97. The number of thiophene rings is 1.